The van der Waals surface area contributed by atoms with Crippen LogP contribution in [-0.2, 0) is 29.6 Å². The summed E-state index contributed by atoms with van der Waals surface area (Å²) in [4.78, 5) is 20.2. The third kappa shape index (κ3) is 3.63. The van der Waals surface area contributed by atoms with Crippen molar-refractivity contribution in [2.75, 3.05) is 14.2 Å². The highest BCUT2D eigenvalue weighted by Crippen LogP contribution is 2.69. The molecule has 2 N–H and O–H groups in total. The van der Waals surface area contributed by atoms with Crippen LogP contribution in [0.4, 0.5) is 0 Å². The number of amides is 1. The van der Waals surface area contributed by atoms with Crippen molar-refractivity contribution in [1.82, 2.24) is 19.7 Å². The van der Waals surface area contributed by atoms with Crippen LogP contribution in [0.25, 0.3) is 0 Å². The summed E-state index contributed by atoms with van der Waals surface area (Å²) in [7, 11) is 4.97. The average molecular weight is 605 g/mol. The summed E-state index contributed by atoms with van der Waals surface area (Å²) in [6.45, 7) is 0.272. The number of carbonyl (C=O) groups is 1. The Morgan fingerprint density at radius 2 is 1.88 bits per heavy atom. The highest BCUT2D eigenvalue weighted by atomic mass is 79.9. The SMILES string of the molecule is COc1cncc2c1[C@]1(O)[C@H](O)[C@H](C(=O)N(C)Cc3ccnn3C)[C@@H](c3ccccc3)[C@]1(c1ccc(Br)cc1)O2. The number of hydrogen-bond donors (Lipinski definition) is 2. The first-order valence-corrected chi connectivity index (χ1v) is 13.7. The number of benzene rings is 2. The Labute approximate surface area is 240 Å². The van der Waals surface area contributed by atoms with Gasteiger partial charge in [-0.1, -0.05) is 58.4 Å². The Morgan fingerprint density at radius 3 is 2.52 bits per heavy atom. The number of aliphatic hydroxyl groups excluding tert-OH is 1. The summed E-state index contributed by atoms with van der Waals surface area (Å²) < 4.78 is 14.9. The van der Waals surface area contributed by atoms with Gasteiger partial charge in [-0.2, -0.15) is 5.10 Å². The number of aliphatic hydroxyl groups is 2. The van der Waals surface area contributed by atoms with Gasteiger partial charge in [0.05, 0.1) is 43.2 Å². The lowest BCUT2D eigenvalue weighted by Gasteiger charge is -2.41. The molecule has 2 aromatic heterocycles. The molecule has 1 aliphatic carbocycles. The molecule has 1 saturated carbocycles. The molecule has 0 unspecified atom stereocenters. The second kappa shape index (κ2) is 9.72. The summed E-state index contributed by atoms with van der Waals surface area (Å²) in [6, 6.07) is 18.7. The number of carbonyl (C=O) groups excluding carboxylic acids is 1. The molecule has 10 heteroatoms. The second-order valence-electron chi connectivity index (χ2n) is 10.3. The van der Waals surface area contributed by atoms with E-state index in [0.29, 0.717) is 11.3 Å². The van der Waals surface area contributed by atoms with E-state index in [-0.39, 0.29) is 23.8 Å². The monoisotopic (exact) mass is 604 g/mol. The minimum atomic E-state index is -2.06. The largest absolute Gasteiger partial charge is 0.495 e. The quantitative estimate of drug-likeness (QED) is 0.347. The number of methoxy groups -OCH3 is 1. The van der Waals surface area contributed by atoms with E-state index in [9.17, 15) is 15.0 Å². The lowest BCUT2D eigenvalue weighted by atomic mass is 9.70. The number of nitrogens with zero attached hydrogens (tertiary/aromatic N) is 4. The maximum Gasteiger partial charge on any atom is 0.229 e. The molecule has 1 aliphatic heterocycles. The van der Waals surface area contributed by atoms with Gasteiger partial charge in [0.2, 0.25) is 5.91 Å². The van der Waals surface area contributed by atoms with E-state index >= 15 is 0 Å². The number of hydrogen-bond acceptors (Lipinski definition) is 7. The number of aryl methyl sites for hydroxylation is 1. The molecule has 0 saturated heterocycles. The van der Waals surface area contributed by atoms with Gasteiger partial charge in [0.15, 0.2) is 11.2 Å². The van der Waals surface area contributed by atoms with Gasteiger partial charge < -0.3 is 24.6 Å². The number of pyridine rings is 1. The van der Waals surface area contributed by atoms with Crippen molar-refractivity contribution in [3.63, 3.8) is 0 Å². The van der Waals surface area contributed by atoms with E-state index in [1.165, 1.54) is 19.5 Å². The standard InChI is InChI=1S/C30H29BrN4O5/c1-34(17-21-13-14-33-35(21)2)28(37)24-25(18-7-5-4-6-8-18)30(19-9-11-20(31)12-10-19)29(38,27(24)36)26-22(39-3)15-32-16-23(26)40-30/h4-16,24-25,27,36,38H,17H2,1-3H3/t24-,25-,27-,29+,30+/m1/s1. The van der Waals surface area contributed by atoms with Crippen molar-refractivity contribution in [3.8, 4) is 11.5 Å². The Balaban J connectivity index is 1.60. The lowest BCUT2D eigenvalue weighted by molar-refractivity contribution is -0.156. The lowest BCUT2D eigenvalue weighted by Crippen LogP contribution is -2.52. The first-order chi connectivity index (χ1) is 19.2. The van der Waals surface area contributed by atoms with Crippen LogP contribution in [0.5, 0.6) is 11.5 Å². The summed E-state index contributed by atoms with van der Waals surface area (Å²) in [5, 5.41) is 29.3. The molecule has 2 aromatic carbocycles. The van der Waals surface area contributed by atoms with Gasteiger partial charge >= 0.3 is 0 Å². The molecule has 5 atom stereocenters. The molecule has 3 heterocycles. The van der Waals surface area contributed by atoms with Crippen LogP contribution in [0.3, 0.4) is 0 Å². The van der Waals surface area contributed by atoms with Gasteiger partial charge in [0, 0.05) is 30.7 Å². The van der Waals surface area contributed by atoms with Gasteiger partial charge in [-0.15, -0.1) is 0 Å². The third-order valence-electron chi connectivity index (χ3n) is 8.29. The second-order valence-corrected chi connectivity index (χ2v) is 11.2. The highest BCUT2D eigenvalue weighted by molar-refractivity contribution is 9.10. The molecule has 206 valence electrons. The molecule has 1 amide bonds. The molecular formula is C30H29BrN4O5. The molecule has 0 spiro atoms. The number of fused-ring (bicyclic) bond motifs is 3. The van der Waals surface area contributed by atoms with Crippen molar-refractivity contribution in [1.29, 1.82) is 0 Å². The molecule has 40 heavy (non-hydrogen) atoms. The molecule has 9 nitrogen and oxygen atoms in total. The summed E-state index contributed by atoms with van der Waals surface area (Å²) in [5.41, 5.74) is -1.19. The van der Waals surface area contributed by atoms with Crippen molar-refractivity contribution < 1.29 is 24.5 Å². The molecule has 0 radical (unpaired) electrons. The fourth-order valence-electron chi connectivity index (χ4n) is 6.50. The smallest absolute Gasteiger partial charge is 0.229 e. The number of halogens is 1. The minimum Gasteiger partial charge on any atom is -0.495 e. The van der Waals surface area contributed by atoms with Crippen molar-refractivity contribution >= 4 is 21.8 Å². The van der Waals surface area contributed by atoms with Crippen molar-refractivity contribution in [2.24, 2.45) is 13.0 Å². The maximum absolute atomic E-state index is 14.4. The Kier molecular flexibility index (Phi) is 6.44. The molecule has 0 bridgehead atoms. The molecular weight excluding hydrogens is 576 g/mol. The zero-order chi connectivity index (χ0) is 28.2. The molecule has 4 aromatic rings. The Morgan fingerprint density at radius 1 is 1.15 bits per heavy atom. The number of ether oxygens (including phenoxy) is 2. The van der Waals surface area contributed by atoms with E-state index < -0.39 is 29.1 Å². The number of rotatable bonds is 6. The predicted molar refractivity (Wildman–Crippen MR) is 149 cm³/mol. The van der Waals surface area contributed by atoms with E-state index in [0.717, 1.165) is 15.7 Å². The van der Waals surface area contributed by atoms with Gasteiger partial charge in [0.1, 0.15) is 17.6 Å². The Hall–Kier alpha value is -3.73. The van der Waals surface area contributed by atoms with Crippen LogP contribution in [0.2, 0.25) is 0 Å². The van der Waals surface area contributed by atoms with Crippen LogP contribution in [0, 0.1) is 5.92 Å². The van der Waals surface area contributed by atoms with Crippen LogP contribution < -0.4 is 9.47 Å². The molecule has 2 aliphatic rings. The van der Waals surface area contributed by atoms with E-state index in [1.807, 2.05) is 67.7 Å². The zero-order valence-corrected chi connectivity index (χ0v) is 23.8. The van der Waals surface area contributed by atoms with Crippen LogP contribution in [0.1, 0.15) is 28.3 Å². The van der Waals surface area contributed by atoms with Crippen molar-refractivity contribution in [3.05, 3.63) is 106 Å². The molecule has 1 fully saturated rings. The first-order valence-electron chi connectivity index (χ1n) is 12.9. The summed E-state index contributed by atoms with van der Waals surface area (Å²) in [5.74, 6) is -1.63. The third-order valence-corrected chi connectivity index (χ3v) is 8.82. The number of aromatic nitrogens is 3. The summed E-state index contributed by atoms with van der Waals surface area (Å²) >= 11 is 3.50. The minimum absolute atomic E-state index is 0.265. The van der Waals surface area contributed by atoms with Gasteiger partial charge in [-0.05, 0) is 29.3 Å². The highest BCUT2D eigenvalue weighted by Gasteiger charge is 2.78. The van der Waals surface area contributed by atoms with Gasteiger partial charge in [-0.3, -0.25) is 14.5 Å². The average Bonchev–Trinajstić information content (AvgIpc) is 3.55. The first kappa shape index (κ1) is 26.5. The van der Waals surface area contributed by atoms with Crippen LogP contribution in [-0.4, -0.2) is 56.0 Å². The predicted octanol–water partition coefficient (Wildman–Crippen LogP) is 3.49. The summed E-state index contributed by atoms with van der Waals surface area (Å²) in [6.07, 6.45) is 3.10. The zero-order valence-electron chi connectivity index (χ0n) is 22.2. The maximum atomic E-state index is 14.4. The van der Waals surface area contributed by atoms with Gasteiger partial charge in [0.25, 0.3) is 0 Å². The van der Waals surface area contributed by atoms with Crippen molar-refractivity contribution in [2.45, 2.75) is 29.8 Å². The van der Waals surface area contributed by atoms with E-state index in [1.54, 1.807) is 22.8 Å². The normalized spacial score (nSPS) is 26.6. The fraction of sp³-hybridized carbons (Fsp3) is 0.300. The Bertz CT molecular complexity index is 1560. The van der Waals surface area contributed by atoms with Gasteiger partial charge in [-0.25, -0.2) is 0 Å². The van der Waals surface area contributed by atoms with E-state index in [4.69, 9.17) is 9.47 Å². The van der Waals surface area contributed by atoms with Crippen LogP contribution >= 0.6 is 15.9 Å². The topological polar surface area (TPSA) is 110 Å². The molecule has 6 rings (SSSR count). The fourth-order valence-corrected chi connectivity index (χ4v) is 6.76. The van der Waals surface area contributed by atoms with Crippen LogP contribution in [0.15, 0.2) is 83.7 Å². The van der Waals surface area contributed by atoms with E-state index in [2.05, 4.69) is 26.0 Å².